The summed E-state index contributed by atoms with van der Waals surface area (Å²) in [7, 11) is 0. The second kappa shape index (κ2) is 6.50. The van der Waals surface area contributed by atoms with Crippen molar-refractivity contribution >= 4 is 63.9 Å². The highest BCUT2D eigenvalue weighted by Gasteiger charge is 2.09. The van der Waals surface area contributed by atoms with Gasteiger partial charge in [-0.1, -0.05) is 46.4 Å². The molecule has 0 saturated carbocycles. The molecule has 104 valence electrons. The van der Waals surface area contributed by atoms with E-state index in [-0.39, 0.29) is 10.0 Å². The van der Waals surface area contributed by atoms with E-state index in [0.717, 1.165) is 0 Å². The number of amides is 2. The number of urea groups is 1. The van der Waals surface area contributed by atoms with E-state index in [1.807, 2.05) is 0 Å². The number of aromatic nitrogens is 1. The fourth-order valence-corrected chi connectivity index (χ4v) is 2.04. The number of nitrogens with zero attached hydrogens (tertiary/aromatic N) is 1. The molecule has 1 aromatic carbocycles. The van der Waals surface area contributed by atoms with Gasteiger partial charge >= 0.3 is 6.03 Å². The summed E-state index contributed by atoms with van der Waals surface area (Å²) in [6.45, 7) is 0. The third-order valence-electron chi connectivity index (χ3n) is 2.23. The summed E-state index contributed by atoms with van der Waals surface area (Å²) in [6, 6.07) is 5.57. The summed E-state index contributed by atoms with van der Waals surface area (Å²) in [6.07, 6.45) is 1.42. The topological polar surface area (TPSA) is 54.0 Å². The first kappa shape index (κ1) is 15.2. The molecule has 4 nitrogen and oxygen atoms in total. The summed E-state index contributed by atoms with van der Waals surface area (Å²) in [5.41, 5.74) is 0.340. The van der Waals surface area contributed by atoms with Crippen molar-refractivity contribution in [3.8, 4) is 0 Å². The highest BCUT2D eigenvalue weighted by Crippen LogP contribution is 2.32. The number of hydrogen-bond acceptors (Lipinski definition) is 2. The van der Waals surface area contributed by atoms with Crippen LogP contribution in [-0.4, -0.2) is 11.0 Å². The lowest BCUT2D eigenvalue weighted by atomic mass is 10.3. The molecule has 20 heavy (non-hydrogen) atoms. The maximum atomic E-state index is 11.8. The van der Waals surface area contributed by atoms with E-state index in [0.29, 0.717) is 21.6 Å². The lowest BCUT2D eigenvalue weighted by Gasteiger charge is -2.09. The third-order valence-corrected chi connectivity index (χ3v) is 3.49. The Morgan fingerprint density at radius 1 is 0.950 bits per heavy atom. The van der Waals surface area contributed by atoms with Crippen LogP contribution in [0.4, 0.5) is 16.3 Å². The molecule has 0 fully saturated rings. The second-order valence-corrected chi connectivity index (χ2v) is 5.34. The molecule has 0 saturated heterocycles. The minimum Gasteiger partial charge on any atom is -0.306 e. The molecule has 1 aromatic heterocycles. The van der Waals surface area contributed by atoms with Crippen molar-refractivity contribution in [1.29, 1.82) is 0 Å². The van der Waals surface area contributed by atoms with Gasteiger partial charge in [-0.2, -0.15) is 0 Å². The molecule has 0 spiro atoms. The van der Waals surface area contributed by atoms with E-state index >= 15 is 0 Å². The van der Waals surface area contributed by atoms with Gasteiger partial charge in [-0.3, -0.25) is 5.32 Å². The Kier molecular flexibility index (Phi) is 4.94. The number of pyridine rings is 1. The Morgan fingerprint density at radius 2 is 1.65 bits per heavy atom. The van der Waals surface area contributed by atoms with E-state index < -0.39 is 6.03 Å². The molecule has 2 rings (SSSR count). The number of carbonyl (C=O) groups is 1. The van der Waals surface area contributed by atoms with Gasteiger partial charge in [-0.15, -0.1) is 0 Å². The van der Waals surface area contributed by atoms with Gasteiger partial charge in [-0.05, 0) is 24.3 Å². The Labute approximate surface area is 135 Å². The first-order chi connectivity index (χ1) is 9.45. The number of carbonyl (C=O) groups excluding carboxylic acids is 1. The van der Waals surface area contributed by atoms with Gasteiger partial charge in [0.15, 0.2) is 0 Å². The standard InChI is InChI=1S/C12H7Cl4N3O/c13-6-1-2-11(17-5-6)19-12(20)18-10-4-8(15)7(14)3-9(10)16/h1-5H,(H2,17,18,19,20). The van der Waals surface area contributed by atoms with E-state index in [1.54, 1.807) is 12.1 Å². The lowest BCUT2D eigenvalue weighted by Crippen LogP contribution is -2.20. The van der Waals surface area contributed by atoms with E-state index in [4.69, 9.17) is 46.4 Å². The molecule has 8 heteroatoms. The van der Waals surface area contributed by atoms with Crippen LogP contribution in [0.1, 0.15) is 0 Å². The lowest BCUT2D eigenvalue weighted by molar-refractivity contribution is 0.262. The molecule has 0 aliphatic heterocycles. The van der Waals surface area contributed by atoms with Crippen LogP contribution in [0.25, 0.3) is 0 Å². The normalized spacial score (nSPS) is 10.2. The SMILES string of the molecule is O=C(Nc1ccc(Cl)cn1)Nc1cc(Cl)c(Cl)cc1Cl. The predicted molar refractivity (Wildman–Crippen MR) is 83.4 cm³/mol. The first-order valence-electron chi connectivity index (χ1n) is 5.30. The van der Waals surface area contributed by atoms with Crippen LogP contribution in [0.2, 0.25) is 20.1 Å². The van der Waals surface area contributed by atoms with Gasteiger partial charge < -0.3 is 5.32 Å². The predicted octanol–water partition coefficient (Wildman–Crippen LogP) is 5.34. The van der Waals surface area contributed by atoms with Gasteiger partial charge in [0.1, 0.15) is 5.82 Å². The van der Waals surface area contributed by atoms with Crippen LogP contribution >= 0.6 is 46.4 Å². The average Bonchev–Trinajstić information content (AvgIpc) is 2.39. The molecule has 0 aliphatic rings. The first-order valence-corrected chi connectivity index (χ1v) is 6.81. The van der Waals surface area contributed by atoms with Crippen molar-refractivity contribution in [3.63, 3.8) is 0 Å². The Morgan fingerprint density at radius 3 is 2.30 bits per heavy atom. The molecule has 0 aliphatic carbocycles. The minimum absolute atomic E-state index is 0.276. The molecule has 0 bridgehead atoms. The molecule has 2 amide bonds. The van der Waals surface area contributed by atoms with Crippen LogP contribution in [-0.2, 0) is 0 Å². The van der Waals surface area contributed by atoms with Gasteiger partial charge in [0.25, 0.3) is 0 Å². The van der Waals surface area contributed by atoms with Crippen molar-refractivity contribution in [2.45, 2.75) is 0 Å². The van der Waals surface area contributed by atoms with Crippen molar-refractivity contribution < 1.29 is 4.79 Å². The highest BCUT2D eigenvalue weighted by molar-refractivity contribution is 6.44. The maximum absolute atomic E-state index is 11.8. The summed E-state index contributed by atoms with van der Waals surface area (Å²) < 4.78 is 0. The van der Waals surface area contributed by atoms with Crippen LogP contribution < -0.4 is 10.6 Å². The molecule has 0 unspecified atom stereocenters. The van der Waals surface area contributed by atoms with Gasteiger partial charge in [0.05, 0.1) is 25.8 Å². The Hall–Kier alpha value is -1.20. The number of benzene rings is 1. The monoisotopic (exact) mass is 349 g/mol. The number of halogens is 4. The second-order valence-electron chi connectivity index (χ2n) is 3.69. The van der Waals surface area contributed by atoms with Crippen molar-refractivity contribution in [1.82, 2.24) is 4.98 Å². The van der Waals surface area contributed by atoms with Crippen LogP contribution in [0, 0.1) is 0 Å². The summed E-state index contributed by atoms with van der Waals surface area (Å²) in [5, 5.41) is 6.41. The minimum atomic E-state index is -0.514. The number of anilines is 2. The molecule has 0 atom stereocenters. The smallest absolute Gasteiger partial charge is 0.306 e. The number of rotatable bonds is 2. The highest BCUT2D eigenvalue weighted by atomic mass is 35.5. The van der Waals surface area contributed by atoms with E-state index in [9.17, 15) is 4.79 Å². The number of nitrogens with one attached hydrogen (secondary N) is 2. The largest absolute Gasteiger partial charge is 0.324 e. The third kappa shape index (κ3) is 3.90. The number of hydrogen-bond donors (Lipinski definition) is 2. The molecular formula is C12H7Cl4N3O. The fraction of sp³-hybridized carbons (Fsp3) is 0. The van der Waals surface area contributed by atoms with E-state index in [2.05, 4.69) is 15.6 Å². The zero-order valence-electron chi connectivity index (χ0n) is 9.75. The zero-order valence-corrected chi connectivity index (χ0v) is 12.8. The quantitative estimate of drug-likeness (QED) is 0.718. The fourth-order valence-electron chi connectivity index (χ4n) is 1.34. The van der Waals surface area contributed by atoms with Crippen LogP contribution in [0.5, 0.6) is 0 Å². The molecule has 2 aromatic rings. The van der Waals surface area contributed by atoms with Gasteiger partial charge in [0, 0.05) is 6.20 Å². The van der Waals surface area contributed by atoms with Crippen molar-refractivity contribution in [2.75, 3.05) is 10.6 Å². The van der Waals surface area contributed by atoms with Crippen LogP contribution in [0.3, 0.4) is 0 Å². The molecule has 2 N–H and O–H groups in total. The Bertz CT molecular complexity index is 646. The summed E-state index contributed by atoms with van der Waals surface area (Å²) in [4.78, 5) is 15.7. The van der Waals surface area contributed by atoms with E-state index in [1.165, 1.54) is 18.3 Å². The van der Waals surface area contributed by atoms with Gasteiger partial charge in [-0.25, -0.2) is 9.78 Å². The summed E-state index contributed by atoms with van der Waals surface area (Å²) >= 11 is 23.3. The summed E-state index contributed by atoms with van der Waals surface area (Å²) in [5.74, 6) is 0.350. The molecule has 1 heterocycles. The van der Waals surface area contributed by atoms with Gasteiger partial charge in [0.2, 0.25) is 0 Å². The Balaban J connectivity index is 2.08. The maximum Gasteiger partial charge on any atom is 0.324 e. The average molecular weight is 351 g/mol. The van der Waals surface area contributed by atoms with Crippen molar-refractivity contribution in [3.05, 3.63) is 50.6 Å². The molecule has 0 radical (unpaired) electrons. The van der Waals surface area contributed by atoms with Crippen LogP contribution in [0.15, 0.2) is 30.5 Å². The molecular weight excluding hydrogens is 344 g/mol. The van der Waals surface area contributed by atoms with Crippen molar-refractivity contribution in [2.24, 2.45) is 0 Å². The zero-order chi connectivity index (χ0) is 14.7.